The number of ether oxygens (including phenoxy) is 3. The molecular weight excluding hydrogens is 384 g/mol. The predicted octanol–water partition coefficient (Wildman–Crippen LogP) is 8.21. The molecule has 3 heteroatoms. The molecule has 2 atom stereocenters. The maximum absolute atomic E-state index is 7.22. The van der Waals surface area contributed by atoms with Crippen molar-refractivity contribution in [2.24, 2.45) is 32.5 Å². The SMILES string of the molecule is CC1(C)O[C@](C)(O[C@@]2(C)OC(C)(C)C(C)(C)C(C)(C)C2(C)C)C(C)(C)C(C)(C)C1(C)C. The zero-order chi connectivity index (χ0) is 25.1. The van der Waals surface area contributed by atoms with Crippen molar-refractivity contribution in [3.8, 4) is 0 Å². The third-order valence-corrected chi connectivity index (χ3v) is 12.8. The van der Waals surface area contributed by atoms with Crippen molar-refractivity contribution in [3.05, 3.63) is 0 Å². The summed E-state index contributed by atoms with van der Waals surface area (Å²) >= 11 is 0. The van der Waals surface area contributed by atoms with Gasteiger partial charge in [-0.25, -0.2) is 0 Å². The fraction of sp³-hybridized carbons (Fsp3) is 1.00. The molecule has 2 saturated heterocycles. The van der Waals surface area contributed by atoms with E-state index < -0.39 is 11.6 Å². The molecule has 0 saturated carbocycles. The Morgan fingerprint density at radius 1 is 0.323 bits per heavy atom. The molecule has 0 unspecified atom stereocenters. The summed E-state index contributed by atoms with van der Waals surface area (Å²) in [6.45, 7) is 41.0. The Bertz CT molecular complexity index is 673. The summed E-state index contributed by atoms with van der Waals surface area (Å²) < 4.78 is 21.2. The minimum Gasteiger partial charge on any atom is -0.343 e. The van der Waals surface area contributed by atoms with Gasteiger partial charge in [0.1, 0.15) is 0 Å². The molecule has 3 nitrogen and oxygen atoms in total. The van der Waals surface area contributed by atoms with Crippen LogP contribution in [0.25, 0.3) is 0 Å². The minimum atomic E-state index is -0.838. The van der Waals surface area contributed by atoms with Crippen LogP contribution in [0.3, 0.4) is 0 Å². The lowest BCUT2D eigenvalue weighted by Gasteiger charge is -2.73. The van der Waals surface area contributed by atoms with Crippen molar-refractivity contribution < 1.29 is 14.2 Å². The van der Waals surface area contributed by atoms with Gasteiger partial charge in [-0.05, 0) is 63.2 Å². The second kappa shape index (κ2) is 6.30. The average molecular weight is 439 g/mol. The van der Waals surface area contributed by atoms with E-state index in [1.54, 1.807) is 0 Å². The zero-order valence-corrected chi connectivity index (χ0v) is 24.2. The average Bonchev–Trinajstić information content (AvgIpc) is 2.50. The molecule has 2 fully saturated rings. The van der Waals surface area contributed by atoms with Gasteiger partial charge >= 0.3 is 0 Å². The normalized spacial score (nSPS) is 40.8. The van der Waals surface area contributed by atoms with E-state index in [2.05, 4.69) is 125 Å². The Hall–Kier alpha value is -0.120. The molecule has 0 bridgehead atoms. The summed E-state index contributed by atoms with van der Waals surface area (Å²) in [6.07, 6.45) is 0. The van der Waals surface area contributed by atoms with Crippen LogP contribution in [0.4, 0.5) is 0 Å². The first-order chi connectivity index (χ1) is 13.1. The smallest absolute Gasteiger partial charge is 0.175 e. The summed E-state index contributed by atoms with van der Waals surface area (Å²) in [4.78, 5) is 0. The molecule has 2 rings (SSSR count). The van der Waals surface area contributed by atoms with Crippen LogP contribution in [0.15, 0.2) is 0 Å². The van der Waals surface area contributed by atoms with E-state index in [1.165, 1.54) is 0 Å². The molecule has 0 spiro atoms. The van der Waals surface area contributed by atoms with Crippen LogP contribution in [-0.2, 0) is 14.2 Å². The van der Waals surface area contributed by atoms with Crippen molar-refractivity contribution in [3.63, 3.8) is 0 Å². The second-order valence-corrected chi connectivity index (χ2v) is 15.0. The maximum Gasteiger partial charge on any atom is 0.175 e. The third-order valence-electron chi connectivity index (χ3n) is 12.8. The van der Waals surface area contributed by atoms with E-state index in [4.69, 9.17) is 14.2 Å². The number of hydrogen-bond acceptors (Lipinski definition) is 3. The van der Waals surface area contributed by atoms with Crippen LogP contribution in [-0.4, -0.2) is 22.8 Å². The van der Waals surface area contributed by atoms with E-state index in [1.807, 2.05) is 0 Å². The summed E-state index contributed by atoms with van der Waals surface area (Å²) in [5.74, 6) is -1.68. The predicted molar refractivity (Wildman–Crippen MR) is 131 cm³/mol. The van der Waals surface area contributed by atoms with Crippen LogP contribution in [0, 0.1) is 32.5 Å². The van der Waals surface area contributed by atoms with Gasteiger partial charge in [0.15, 0.2) is 11.6 Å². The van der Waals surface area contributed by atoms with Crippen LogP contribution in [0.5, 0.6) is 0 Å². The van der Waals surface area contributed by atoms with Gasteiger partial charge in [0.05, 0.1) is 11.2 Å². The number of hydrogen-bond donors (Lipinski definition) is 0. The largest absolute Gasteiger partial charge is 0.343 e. The molecule has 184 valence electrons. The lowest BCUT2D eigenvalue weighted by molar-refractivity contribution is -0.502. The van der Waals surface area contributed by atoms with Gasteiger partial charge in [-0.1, -0.05) is 83.1 Å². The zero-order valence-electron chi connectivity index (χ0n) is 24.2. The Morgan fingerprint density at radius 2 is 0.548 bits per heavy atom. The third kappa shape index (κ3) is 2.88. The van der Waals surface area contributed by atoms with Gasteiger partial charge in [-0.15, -0.1) is 0 Å². The van der Waals surface area contributed by atoms with Crippen LogP contribution in [0.2, 0.25) is 0 Å². The number of rotatable bonds is 2. The quantitative estimate of drug-likeness (QED) is 0.434. The summed E-state index contributed by atoms with van der Waals surface area (Å²) in [6, 6.07) is 0. The summed E-state index contributed by atoms with van der Waals surface area (Å²) in [5.41, 5.74) is -1.54. The Morgan fingerprint density at radius 3 is 0.774 bits per heavy atom. The fourth-order valence-electron chi connectivity index (χ4n) is 6.36. The lowest BCUT2D eigenvalue weighted by atomic mass is 9.45. The van der Waals surface area contributed by atoms with E-state index in [9.17, 15) is 0 Å². The molecule has 0 amide bonds. The Kier molecular flexibility index (Phi) is 5.52. The van der Waals surface area contributed by atoms with Crippen LogP contribution >= 0.6 is 0 Å². The van der Waals surface area contributed by atoms with E-state index in [0.717, 1.165) is 0 Å². The highest BCUT2D eigenvalue weighted by molar-refractivity contribution is 5.16. The Balaban J connectivity index is 2.70. The van der Waals surface area contributed by atoms with E-state index in [-0.39, 0.29) is 43.7 Å². The topological polar surface area (TPSA) is 27.7 Å². The maximum atomic E-state index is 7.22. The highest BCUT2D eigenvalue weighted by atomic mass is 16.8. The van der Waals surface area contributed by atoms with E-state index >= 15 is 0 Å². The van der Waals surface area contributed by atoms with Gasteiger partial charge in [-0.3, -0.25) is 0 Å². The van der Waals surface area contributed by atoms with Gasteiger partial charge in [0.25, 0.3) is 0 Å². The Labute approximate surface area is 194 Å². The first-order valence-electron chi connectivity index (χ1n) is 12.2. The van der Waals surface area contributed by atoms with Crippen molar-refractivity contribution in [1.29, 1.82) is 0 Å². The van der Waals surface area contributed by atoms with Gasteiger partial charge in [0.2, 0.25) is 0 Å². The molecule has 0 aromatic heterocycles. The minimum absolute atomic E-state index is 0.0588. The van der Waals surface area contributed by atoms with Crippen molar-refractivity contribution in [2.45, 2.75) is 147 Å². The van der Waals surface area contributed by atoms with E-state index in [0.29, 0.717) is 0 Å². The summed E-state index contributed by atoms with van der Waals surface area (Å²) in [7, 11) is 0. The van der Waals surface area contributed by atoms with Crippen molar-refractivity contribution >= 4 is 0 Å². The lowest BCUT2D eigenvalue weighted by Crippen LogP contribution is -2.76. The molecule has 2 heterocycles. The molecule has 2 aliphatic rings. The van der Waals surface area contributed by atoms with Crippen molar-refractivity contribution in [2.75, 3.05) is 0 Å². The molecule has 0 aliphatic carbocycles. The molecule has 0 N–H and O–H groups in total. The first-order valence-corrected chi connectivity index (χ1v) is 12.2. The van der Waals surface area contributed by atoms with Gasteiger partial charge in [0, 0.05) is 10.8 Å². The molecule has 31 heavy (non-hydrogen) atoms. The molecule has 0 aromatic carbocycles. The fourth-order valence-corrected chi connectivity index (χ4v) is 6.36. The molecule has 2 aliphatic heterocycles. The van der Waals surface area contributed by atoms with Crippen LogP contribution in [0.1, 0.15) is 125 Å². The summed E-state index contributed by atoms with van der Waals surface area (Å²) in [5, 5.41) is 0. The molecular formula is C28H54O3. The highest BCUT2D eigenvalue weighted by Gasteiger charge is 2.73. The highest BCUT2D eigenvalue weighted by Crippen LogP contribution is 2.71. The molecule has 0 radical (unpaired) electrons. The first kappa shape index (κ1) is 27.1. The van der Waals surface area contributed by atoms with Gasteiger partial charge in [-0.2, -0.15) is 0 Å². The van der Waals surface area contributed by atoms with Crippen molar-refractivity contribution in [1.82, 2.24) is 0 Å². The molecule has 0 aromatic rings. The monoisotopic (exact) mass is 438 g/mol. The van der Waals surface area contributed by atoms with Crippen LogP contribution < -0.4 is 0 Å². The standard InChI is InChI=1S/C28H54O3/c1-19(2)21(5,6)25(13,14)29-27(17,23(19,9)10)31-28(18)24(11,12)20(3,4)22(7,8)26(15,16)30-28/h1-18H3/t27-,28-/m1/s1. The van der Waals surface area contributed by atoms with Gasteiger partial charge < -0.3 is 14.2 Å². The second-order valence-electron chi connectivity index (χ2n) is 15.0.